The topological polar surface area (TPSA) is 42.0 Å². The Morgan fingerprint density at radius 3 is 2.47 bits per heavy atom. The third-order valence-electron chi connectivity index (χ3n) is 2.61. The first-order valence-corrected chi connectivity index (χ1v) is 6.29. The van der Waals surface area contributed by atoms with E-state index in [1.807, 2.05) is 57.2 Å². The molecule has 98 valence electrons. The molecule has 0 aliphatic carbocycles. The minimum Gasteiger partial charge on any atom is -0.347 e. The predicted molar refractivity (Wildman–Crippen MR) is 76.9 cm³/mol. The summed E-state index contributed by atoms with van der Waals surface area (Å²) in [6.07, 6.45) is 3.53. The molecule has 3 nitrogen and oxygen atoms in total. The molecule has 2 rings (SSSR count). The molecule has 1 aromatic heterocycles. The smallest absolute Gasteiger partial charge is 0.251 e. The summed E-state index contributed by atoms with van der Waals surface area (Å²) in [5.74, 6) is -0.0572. The molecule has 1 amide bonds. The predicted octanol–water partition coefficient (Wildman–Crippen LogP) is 3.28. The second-order valence-corrected chi connectivity index (χ2v) is 5.53. The fourth-order valence-corrected chi connectivity index (χ4v) is 1.79. The Kier molecular flexibility index (Phi) is 3.65. The van der Waals surface area contributed by atoms with Crippen molar-refractivity contribution in [3.05, 3.63) is 54.4 Å². The number of hydrogen-bond acceptors (Lipinski definition) is 2. The SMILES string of the molecule is CC(C)(C)NC(=O)c1cccc(-c2cccnc2)c1. The van der Waals surface area contributed by atoms with Gasteiger partial charge in [-0.15, -0.1) is 0 Å². The molecule has 1 heterocycles. The van der Waals surface area contributed by atoms with Crippen LogP contribution in [0.15, 0.2) is 48.8 Å². The van der Waals surface area contributed by atoms with E-state index < -0.39 is 0 Å². The van der Waals surface area contributed by atoms with Gasteiger partial charge < -0.3 is 5.32 Å². The quantitative estimate of drug-likeness (QED) is 0.893. The maximum atomic E-state index is 12.1. The van der Waals surface area contributed by atoms with E-state index in [1.54, 1.807) is 12.4 Å². The van der Waals surface area contributed by atoms with Gasteiger partial charge in [0.2, 0.25) is 0 Å². The average molecular weight is 254 g/mol. The third kappa shape index (κ3) is 3.65. The van der Waals surface area contributed by atoms with Gasteiger partial charge in [0.25, 0.3) is 5.91 Å². The lowest BCUT2D eigenvalue weighted by Crippen LogP contribution is -2.40. The zero-order chi connectivity index (χ0) is 13.9. The van der Waals surface area contributed by atoms with E-state index in [2.05, 4.69) is 10.3 Å². The Morgan fingerprint density at radius 2 is 1.84 bits per heavy atom. The van der Waals surface area contributed by atoms with Crippen LogP contribution in [0.2, 0.25) is 0 Å². The highest BCUT2D eigenvalue weighted by molar-refractivity contribution is 5.95. The zero-order valence-corrected chi connectivity index (χ0v) is 11.5. The van der Waals surface area contributed by atoms with Crippen molar-refractivity contribution in [2.45, 2.75) is 26.3 Å². The number of pyridine rings is 1. The number of amides is 1. The van der Waals surface area contributed by atoms with Gasteiger partial charge in [-0.3, -0.25) is 9.78 Å². The van der Waals surface area contributed by atoms with E-state index in [1.165, 1.54) is 0 Å². The highest BCUT2D eigenvalue weighted by atomic mass is 16.1. The van der Waals surface area contributed by atoms with Crippen LogP contribution in [-0.2, 0) is 0 Å². The monoisotopic (exact) mass is 254 g/mol. The largest absolute Gasteiger partial charge is 0.347 e. The molecule has 0 saturated carbocycles. The standard InChI is InChI=1S/C16H18N2O/c1-16(2,3)18-15(19)13-7-4-6-12(10-13)14-8-5-9-17-11-14/h4-11H,1-3H3,(H,18,19). The van der Waals surface area contributed by atoms with Crippen LogP contribution in [0, 0.1) is 0 Å². The number of carbonyl (C=O) groups is 1. The van der Waals surface area contributed by atoms with Gasteiger partial charge >= 0.3 is 0 Å². The first-order chi connectivity index (χ1) is 8.96. The summed E-state index contributed by atoms with van der Waals surface area (Å²) in [5.41, 5.74) is 2.43. The van der Waals surface area contributed by atoms with Crippen LogP contribution in [0.5, 0.6) is 0 Å². The van der Waals surface area contributed by atoms with Gasteiger partial charge in [0.15, 0.2) is 0 Å². The maximum Gasteiger partial charge on any atom is 0.251 e. The summed E-state index contributed by atoms with van der Waals surface area (Å²) in [5, 5.41) is 2.96. The highest BCUT2D eigenvalue weighted by Crippen LogP contribution is 2.19. The number of benzene rings is 1. The minimum absolute atomic E-state index is 0.0572. The lowest BCUT2D eigenvalue weighted by molar-refractivity contribution is 0.0919. The molecule has 0 saturated heterocycles. The van der Waals surface area contributed by atoms with Crippen LogP contribution in [0.3, 0.4) is 0 Å². The lowest BCUT2D eigenvalue weighted by Gasteiger charge is -2.20. The normalized spacial score (nSPS) is 11.1. The van der Waals surface area contributed by atoms with Gasteiger partial charge in [-0.2, -0.15) is 0 Å². The van der Waals surface area contributed by atoms with Crippen LogP contribution in [0.1, 0.15) is 31.1 Å². The first kappa shape index (κ1) is 13.3. The molecular formula is C16H18N2O. The van der Waals surface area contributed by atoms with Gasteiger partial charge in [0, 0.05) is 29.1 Å². The van der Waals surface area contributed by atoms with E-state index in [-0.39, 0.29) is 11.4 Å². The van der Waals surface area contributed by atoms with Gasteiger partial charge in [0.05, 0.1) is 0 Å². The number of rotatable bonds is 2. The van der Waals surface area contributed by atoms with Crippen LogP contribution in [-0.4, -0.2) is 16.4 Å². The maximum absolute atomic E-state index is 12.1. The fraction of sp³-hybridized carbons (Fsp3) is 0.250. The Morgan fingerprint density at radius 1 is 1.11 bits per heavy atom. The van der Waals surface area contributed by atoms with Crippen molar-refractivity contribution < 1.29 is 4.79 Å². The van der Waals surface area contributed by atoms with Crippen LogP contribution < -0.4 is 5.32 Å². The van der Waals surface area contributed by atoms with Crippen molar-refractivity contribution in [3.8, 4) is 11.1 Å². The van der Waals surface area contributed by atoms with Gasteiger partial charge in [0.1, 0.15) is 0 Å². The molecule has 0 unspecified atom stereocenters. The fourth-order valence-electron chi connectivity index (χ4n) is 1.79. The molecule has 3 heteroatoms. The molecule has 0 aliphatic rings. The summed E-state index contributed by atoms with van der Waals surface area (Å²) in [4.78, 5) is 16.2. The molecule has 0 atom stereocenters. The molecule has 0 fully saturated rings. The number of aromatic nitrogens is 1. The van der Waals surface area contributed by atoms with Crippen molar-refractivity contribution >= 4 is 5.91 Å². The van der Waals surface area contributed by atoms with E-state index >= 15 is 0 Å². The molecule has 0 bridgehead atoms. The minimum atomic E-state index is -0.235. The molecule has 0 radical (unpaired) electrons. The second kappa shape index (κ2) is 5.22. The van der Waals surface area contributed by atoms with E-state index in [4.69, 9.17) is 0 Å². The van der Waals surface area contributed by atoms with Crippen LogP contribution in [0.25, 0.3) is 11.1 Å². The van der Waals surface area contributed by atoms with Crippen molar-refractivity contribution in [2.75, 3.05) is 0 Å². The van der Waals surface area contributed by atoms with E-state index in [0.717, 1.165) is 11.1 Å². The molecule has 19 heavy (non-hydrogen) atoms. The van der Waals surface area contributed by atoms with Crippen molar-refractivity contribution in [3.63, 3.8) is 0 Å². The lowest BCUT2D eigenvalue weighted by atomic mass is 10.0. The van der Waals surface area contributed by atoms with E-state index in [0.29, 0.717) is 5.56 Å². The zero-order valence-electron chi connectivity index (χ0n) is 11.5. The highest BCUT2D eigenvalue weighted by Gasteiger charge is 2.15. The van der Waals surface area contributed by atoms with Gasteiger partial charge in [-0.1, -0.05) is 18.2 Å². The molecule has 0 aliphatic heterocycles. The van der Waals surface area contributed by atoms with Crippen molar-refractivity contribution in [1.29, 1.82) is 0 Å². The van der Waals surface area contributed by atoms with Crippen LogP contribution >= 0.6 is 0 Å². The molecular weight excluding hydrogens is 236 g/mol. The summed E-state index contributed by atoms with van der Waals surface area (Å²) in [6.45, 7) is 5.90. The summed E-state index contributed by atoms with van der Waals surface area (Å²) in [7, 11) is 0. The molecule has 0 spiro atoms. The molecule has 2 aromatic rings. The number of nitrogens with one attached hydrogen (secondary N) is 1. The summed E-state index contributed by atoms with van der Waals surface area (Å²) < 4.78 is 0. The Hall–Kier alpha value is -2.16. The number of nitrogens with zero attached hydrogens (tertiary/aromatic N) is 1. The van der Waals surface area contributed by atoms with Gasteiger partial charge in [-0.05, 0) is 44.5 Å². The second-order valence-electron chi connectivity index (χ2n) is 5.53. The van der Waals surface area contributed by atoms with Crippen molar-refractivity contribution in [2.24, 2.45) is 0 Å². The summed E-state index contributed by atoms with van der Waals surface area (Å²) >= 11 is 0. The Bertz CT molecular complexity index is 571. The Balaban J connectivity index is 2.28. The van der Waals surface area contributed by atoms with Gasteiger partial charge in [-0.25, -0.2) is 0 Å². The summed E-state index contributed by atoms with van der Waals surface area (Å²) in [6, 6.07) is 11.4. The van der Waals surface area contributed by atoms with E-state index in [9.17, 15) is 4.79 Å². The molecule has 1 N–H and O–H groups in total. The van der Waals surface area contributed by atoms with Crippen LogP contribution in [0.4, 0.5) is 0 Å². The molecule has 1 aromatic carbocycles. The Labute approximate surface area is 113 Å². The van der Waals surface area contributed by atoms with Crippen molar-refractivity contribution in [1.82, 2.24) is 10.3 Å². The average Bonchev–Trinajstić information content (AvgIpc) is 2.38. The number of hydrogen-bond donors (Lipinski definition) is 1. The first-order valence-electron chi connectivity index (χ1n) is 6.29. The number of carbonyl (C=O) groups excluding carboxylic acids is 1. The third-order valence-corrected chi connectivity index (χ3v) is 2.61.